The summed E-state index contributed by atoms with van der Waals surface area (Å²) in [5.41, 5.74) is 3.57. The summed E-state index contributed by atoms with van der Waals surface area (Å²) >= 11 is 12.2. The number of nitrogens with one attached hydrogen (secondary N) is 1. The molecular weight excluding hydrogens is 522 g/mol. The van der Waals surface area contributed by atoms with Crippen LogP contribution in [0.2, 0.25) is 5.02 Å². The normalized spacial score (nSPS) is 16.6. The van der Waals surface area contributed by atoms with Gasteiger partial charge in [-0.3, -0.25) is 19.8 Å². The zero-order valence-corrected chi connectivity index (χ0v) is 21.9. The van der Waals surface area contributed by atoms with E-state index in [1.807, 2.05) is 6.92 Å². The van der Waals surface area contributed by atoms with Crippen LogP contribution in [0.15, 0.2) is 47.4 Å². The van der Waals surface area contributed by atoms with E-state index in [2.05, 4.69) is 5.43 Å². The highest BCUT2D eigenvalue weighted by molar-refractivity contribution is 8.26. The third kappa shape index (κ3) is 6.18. The van der Waals surface area contributed by atoms with E-state index in [1.165, 1.54) is 0 Å². The van der Waals surface area contributed by atoms with Crippen molar-refractivity contribution in [3.63, 3.8) is 0 Å². The molecule has 8 nitrogen and oxygen atoms in total. The van der Waals surface area contributed by atoms with Crippen molar-refractivity contribution in [1.29, 1.82) is 0 Å². The topological polar surface area (TPSA) is 88.2 Å². The Morgan fingerprint density at radius 1 is 1.11 bits per heavy atom. The number of hydrazine groups is 1. The summed E-state index contributed by atoms with van der Waals surface area (Å²) in [6, 6.07) is 11.5. The SMILES string of the molecule is CCOc1cc(/C=C2\SC(=S)N(NC(=O)c3ccc(Cl)cc3)C2=O)ccc1OCC(=O)N1CCCC1. The first-order valence-corrected chi connectivity index (χ1v) is 13.0. The number of hydrogen-bond donors (Lipinski definition) is 1. The van der Waals surface area contributed by atoms with Crippen molar-refractivity contribution in [2.45, 2.75) is 19.8 Å². The van der Waals surface area contributed by atoms with E-state index in [1.54, 1.807) is 53.4 Å². The molecule has 0 spiro atoms. The third-order valence-corrected chi connectivity index (χ3v) is 7.04. The Labute approximate surface area is 223 Å². The van der Waals surface area contributed by atoms with E-state index in [9.17, 15) is 14.4 Å². The molecule has 0 aliphatic carbocycles. The molecule has 2 aliphatic rings. The number of carbonyl (C=O) groups is 3. The van der Waals surface area contributed by atoms with Crippen LogP contribution in [-0.4, -0.2) is 58.3 Å². The second-order valence-electron chi connectivity index (χ2n) is 7.98. The van der Waals surface area contributed by atoms with Crippen molar-refractivity contribution in [3.8, 4) is 11.5 Å². The Kier molecular flexibility index (Phi) is 8.50. The molecule has 11 heteroatoms. The van der Waals surface area contributed by atoms with Crippen molar-refractivity contribution < 1.29 is 23.9 Å². The number of amides is 3. The number of rotatable bonds is 8. The van der Waals surface area contributed by atoms with E-state index in [4.69, 9.17) is 33.3 Å². The van der Waals surface area contributed by atoms with Gasteiger partial charge in [0.1, 0.15) is 0 Å². The van der Waals surface area contributed by atoms with Crippen LogP contribution in [0.25, 0.3) is 6.08 Å². The molecule has 2 heterocycles. The van der Waals surface area contributed by atoms with Gasteiger partial charge in [-0.15, -0.1) is 0 Å². The molecule has 188 valence electrons. The van der Waals surface area contributed by atoms with Crippen LogP contribution in [-0.2, 0) is 9.59 Å². The minimum atomic E-state index is -0.479. The second-order valence-corrected chi connectivity index (χ2v) is 10.1. The summed E-state index contributed by atoms with van der Waals surface area (Å²) in [5.74, 6) is -0.0608. The fourth-order valence-electron chi connectivity index (χ4n) is 3.68. The van der Waals surface area contributed by atoms with Crippen molar-refractivity contribution in [2.75, 3.05) is 26.3 Å². The molecule has 0 unspecified atom stereocenters. The molecule has 36 heavy (non-hydrogen) atoms. The van der Waals surface area contributed by atoms with Crippen LogP contribution >= 0.6 is 35.6 Å². The van der Waals surface area contributed by atoms with Crippen molar-refractivity contribution in [2.24, 2.45) is 0 Å². The smallest absolute Gasteiger partial charge is 0.285 e. The van der Waals surface area contributed by atoms with E-state index in [0.29, 0.717) is 39.2 Å². The molecule has 2 aliphatic heterocycles. The number of likely N-dealkylation sites (tertiary alicyclic amines) is 1. The number of halogens is 1. The molecular formula is C25H24ClN3O5S2. The van der Waals surface area contributed by atoms with E-state index >= 15 is 0 Å². The molecule has 0 saturated carbocycles. The highest BCUT2D eigenvalue weighted by atomic mass is 35.5. The number of nitrogens with zero attached hydrogens (tertiary/aromatic N) is 2. The van der Waals surface area contributed by atoms with Crippen LogP contribution in [0.4, 0.5) is 0 Å². The quantitative estimate of drug-likeness (QED) is 0.391. The van der Waals surface area contributed by atoms with Crippen molar-refractivity contribution >= 4 is 63.7 Å². The first kappa shape index (κ1) is 26.0. The van der Waals surface area contributed by atoms with E-state index in [-0.39, 0.29) is 16.8 Å². The number of hydrogen-bond acceptors (Lipinski definition) is 7. The van der Waals surface area contributed by atoms with Crippen LogP contribution in [0.5, 0.6) is 11.5 Å². The molecule has 0 atom stereocenters. The molecule has 2 aromatic rings. The molecule has 2 aromatic carbocycles. The Balaban J connectivity index is 1.45. The summed E-state index contributed by atoms with van der Waals surface area (Å²) in [6.45, 7) is 3.71. The number of ether oxygens (including phenoxy) is 2. The maximum atomic E-state index is 12.9. The highest BCUT2D eigenvalue weighted by Gasteiger charge is 2.34. The maximum Gasteiger partial charge on any atom is 0.285 e. The van der Waals surface area contributed by atoms with Crippen LogP contribution in [0.1, 0.15) is 35.7 Å². The fraction of sp³-hybridized carbons (Fsp3) is 0.280. The lowest BCUT2D eigenvalue weighted by Crippen LogP contribution is -2.44. The van der Waals surface area contributed by atoms with E-state index < -0.39 is 11.8 Å². The molecule has 0 aromatic heterocycles. The summed E-state index contributed by atoms with van der Waals surface area (Å²) in [6.07, 6.45) is 3.69. The van der Waals surface area contributed by atoms with Gasteiger partial charge >= 0.3 is 0 Å². The summed E-state index contributed by atoms with van der Waals surface area (Å²) in [5, 5.41) is 1.55. The minimum absolute atomic E-state index is 0.0525. The molecule has 3 amide bonds. The van der Waals surface area contributed by atoms with Gasteiger partial charge in [0.25, 0.3) is 17.7 Å². The van der Waals surface area contributed by atoms with Crippen LogP contribution < -0.4 is 14.9 Å². The van der Waals surface area contributed by atoms with Crippen LogP contribution in [0.3, 0.4) is 0 Å². The largest absolute Gasteiger partial charge is 0.490 e. The van der Waals surface area contributed by atoms with Crippen molar-refractivity contribution in [1.82, 2.24) is 15.3 Å². The third-order valence-electron chi connectivity index (χ3n) is 5.49. The summed E-state index contributed by atoms with van der Waals surface area (Å²) in [7, 11) is 0. The monoisotopic (exact) mass is 545 g/mol. The van der Waals surface area contributed by atoms with Gasteiger partial charge in [-0.2, -0.15) is 5.01 Å². The van der Waals surface area contributed by atoms with Crippen LogP contribution in [0, 0.1) is 0 Å². The Bertz CT molecular complexity index is 1210. The lowest BCUT2D eigenvalue weighted by atomic mass is 10.2. The van der Waals surface area contributed by atoms with Gasteiger partial charge in [0.15, 0.2) is 22.4 Å². The zero-order valence-electron chi connectivity index (χ0n) is 19.5. The van der Waals surface area contributed by atoms with Gasteiger partial charge < -0.3 is 14.4 Å². The average Bonchev–Trinajstić information content (AvgIpc) is 3.49. The fourth-order valence-corrected chi connectivity index (χ4v) is 4.99. The van der Waals surface area contributed by atoms with Gasteiger partial charge in [0.2, 0.25) is 0 Å². The first-order chi connectivity index (χ1) is 17.4. The molecule has 4 rings (SSSR count). The number of thioether (sulfide) groups is 1. The summed E-state index contributed by atoms with van der Waals surface area (Å²) in [4.78, 5) is 39.9. The molecule has 0 radical (unpaired) electrons. The molecule has 2 saturated heterocycles. The molecule has 2 fully saturated rings. The highest BCUT2D eigenvalue weighted by Crippen LogP contribution is 2.34. The zero-order chi connectivity index (χ0) is 25.7. The lowest BCUT2D eigenvalue weighted by molar-refractivity contribution is -0.132. The predicted octanol–water partition coefficient (Wildman–Crippen LogP) is 4.29. The van der Waals surface area contributed by atoms with Gasteiger partial charge in [-0.1, -0.05) is 29.4 Å². The van der Waals surface area contributed by atoms with Gasteiger partial charge in [-0.25, -0.2) is 0 Å². The molecule has 1 N–H and O–H groups in total. The average molecular weight is 546 g/mol. The second kappa shape index (κ2) is 11.8. The van der Waals surface area contributed by atoms with Gasteiger partial charge in [-0.05, 0) is 80.0 Å². The standard InChI is InChI=1S/C25H24ClN3O5S2/c1-2-33-20-13-16(5-10-19(20)34-15-22(30)28-11-3-4-12-28)14-21-24(32)29(25(35)36-21)27-23(31)17-6-8-18(26)9-7-17/h5-10,13-14H,2-4,11-12,15H2,1H3,(H,27,31)/b21-14-. The number of benzene rings is 2. The molecule has 0 bridgehead atoms. The lowest BCUT2D eigenvalue weighted by Gasteiger charge is -2.17. The first-order valence-electron chi connectivity index (χ1n) is 11.4. The van der Waals surface area contributed by atoms with Crippen molar-refractivity contribution in [3.05, 3.63) is 63.5 Å². The Hall–Kier alpha value is -3.08. The van der Waals surface area contributed by atoms with Gasteiger partial charge in [0.05, 0.1) is 11.5 Å². The summed E-state index contributed by atoms with van der Waals surface area (Å²) < 4.78 is 11.7. The maximum absolute atomic E-state index is 12.9. The predicted molar refractivity (Wildman–Crippen MR) is 143 cm³/mol. The number of thiocarbonyl (C=S) groups is 1. The minimum Gasteiger partial charge on any atom is -0.490 e. The Morgan fingerprint density at radius 3 is 2.53 bits per heavy atom. The van der Waals surface area contributed by atoms with E-state index in [0.717, 1.165) is 42.7 Å². The van der Waals surface area contributed by atoms with Gasteiger partial charge in [0, 0.05) is 23.7 Å². The number of carbonyl (C=O) groups excluding carboxylic acids is 3. The Morgan fingerprint density at radius 2 is 1.83 bits per heavy atom.